The zero-order chi connectivity index (χ0) is 9.68. The van der Waals surface area contributed by atoms with Crippen molar-refractivity contribution in [2.75, 3.05) is 23.9 Å². The Kier molecular flexibility index (Phi) is 4.10. The molecule has 0 aliphatic rings. The van der Waals surface area contributed by atoms with Crippen LogP contribution in [0, 0.1) is 6.92 Å². The minimum atomic E-state index is 0.683. The molecule has 0 radical (unpaired) electrons. The van der Waals surface area contributed by atoms with E-state index in [9.17, 15) is 0 Å². The summed E-state index contributed by atoms with van der Waals surface area (Å²) in [6.07, 6.45) is 0. The molecule has 0 unspecified atom stereocenters. The molecule has 0 aliphatic heterocycles. The van der Waals surface area contributed by atoms with Gasteiger partial charge in [-0.3, -0.25) is 0 Å². The summed E-state index contributed by atoms with van der Waals surface area (Å²) in [5.41, 5.74) is 2.61. The number of alkyl halides is 1. The van der Waals surface area contributed by atoms with Crippen LogP contribution >= 0.6 is 11.6 Å². The van der Waals surface area contributed by atoms with E-state index in [2.05, 4.69) is 43.0 Å². The SMILES string of the molecule is CCN(CCCl)c1ccccc1C. The molecule has 0 aromatic heterocycles. The van der Waals surface area contributed by atoms with Crippen LogP contribution in [-0.4, -0.2) is 19.0 Å². The molecule has 13 heavy (non-hydrogen) atoms. The van der Waals surface area contributed by atoms with Gasteiger partial charge in [0.15, 0.2) is 0 Å². The molecule has 2 heteroatoms. The number of hydrogen-bond donors (Lipinski definition) is 0. The molecule has 1 nitrogen and oxygen atoms in total. The summed E-state index contributed by atoms with van der Waals surface area (Å²) in [5.74, 6) is 0.683. The van der Waals surface area contributed by atoms with Gasteiger partial charge >= 0.3 is 0 Å². The van der Waals surface area contributed by atoms with E-state index in [1.807, 2.05) is 0 Å². The topological polar surface area (TPSA) is 3.24 Å². The highest BCUT2D eigenvalue weighted by Gasteiger charge is 2.04. The molecule has 0 amide bonds. The minimum Gasteiger partial charge on any atom is -0.370 e. The summed E-state index contributed by atoms with van der Waals surface area (Å²) in [7, 11) is 0. The molecule has 0 bridgehead atoms. The molecule has 1 aromatic rings. The van der Waals surface area contributed by atoms with E-state index in [0.29, 0.717) is 5.88 Å². The van der Waals surface area contributed by atoms with E-state index >= 15 is 0 Å². The second kappa shape index (κ2) is 5.13. The predicted molar refractivity (Wildman–Crippen MR) is 59.8 cm³/mol. The van der Waals surface area contributed by atoms with Crippen LogP contribution in [0.2, 0.25) is 0 Å². The molecule has 1 aromatic carbocycles. The number of hydrogen-bond acceptors (Lipinski definition) is 1. The number of anilines is 1. The Morgan fingerprint density at radius 3 is 2.54 bits per heavy atom. The third-order valence-electron chi connectivity index (χ3n) is 2.19. The Bertz CT molecular complexity index is 260. The highest BCUT2D eigenvalue weighted by Crippen LogP contribution is 2.18. The quantitative estimate of drug-likeness (QED) is 0.671. The van der Waals surface area contributed by atoms with Crippen LogP contribution in [0.3, 0.4) is 0 Å². The Morgan fingerprint density at radius 1 is 1.31 bits per heavy atom. The van der Waals surface area contributed by atoms with Crippen molar-refractivity contribution < 1.29 is 0 Å². The van der Waals surface area contributed by atoms with Gasteiger partial charge in [0.2, 0.25) is 0 Å². The van der Waals surface area contributed by atoms with Crippen LogP contribution in [0.5, 0.6) is 0 Å². The van der Waals surface area contributed by atoms with Crippen molar-refractivity contribution in [3.8, 4) is 0 Å². The van der Waals surface area contributed by atoms with Crippen molar-refractivity contribution in [3.05, 3.63) is 29.8 Å². The van der Waals surface area contributed by atoms with Gasteiger partial charge < -0.3 is 4.90 Å². The van der Waals surface area contributed by atoms with Crippen molar-refractivity contribution in [2.45, 2.75) is 13.8 Å². The smallest absolute Gasteiger partial charge is 0.0399 e. The fourth-order valence-electron chi connectivity index (χ4n) is 1.47. The standard InChI is InChI=1S/C11H16ClN/c1-3-13(9-8-12)11-7-5-4-6-10(11)2/h4-7H,3,8-9H2,1-2H3. The maximum atomic E-state index is 5.74. The molecule has 0 N–H and O–H groups in total. The molecule has 72 valence electrons. The van der Waals surface area contributed by atoms with Crippen LogP contribution in [0.1, 0.15) is 12.5 Å². The molecule has 0 fully saturated rings. The third kappa shape index (κ3) is 2.63. The first kappa shape index (κ1) is 10.4. The lowest BCUT2D eigenvalue weighted by atomic mass is 10.2. The van der Waals surface area contributed by atoms with Crippen LogP contribution in [0.25, 0.3) is 0 Å². The van der Waals surface area contributed by atoms with Gasteiger partial charge in [0, 0.05) is 24.7 Å². The Balaban J connectivity index is 2.84. The maximum Gasteiger partial charge on any atom is 0.0399 e. The first-order chi connectivity index (χ1) is 6.29. The Hall–Kier alpha value is -0.690. The van der Waals surface area contributed by atoms with Gasteiger partial charge in [-0.25, -0.2) is 0 Å². The summed E-state index contributed by atoms with van der Waals surface area (Å²) in [5, 5.41) is 0. The number of rotatable bonds is 4. The van der Waals surface area contributed by atoms with Crippen molar-refractivity contribution in [2.24, 2.45) is 0 Å². The van der Waals surface area contributed by atoms with Gasteiger partial charge in [0.25, 0.3) is 0 Å². The monoisotopic (exact) mass is 197 g/mol. The Labute approximate surface area is 85.3 Å². The van der Waals surface area contributed by atoms with Gasteiger partial charge in [0.05, 0.1) is 0 Å². The highest BCUT2D eigenvalue weighted by atomic mass is 35.5. The first-order valence-corrected chi connectivity index (χ1v) is 5.19. The molecule has 0 saturated carbocycles. The van der Waals surface area contributed by atoms with Gasteiger partial charge in [-0.05, 0) is 25.5 Å². The average Bonchev–Trinajstić information content (AvgIpc) is 2.16. The lowest BCUT2D eigenvalue weighted by molar-refractivity contribution is 0.865. The van der Waals surface area contributed by atoms with Crippen molar-refractivity contribution in [3.63, 3.8) is 0 Å². The van der Waals surface area contributed by atoms with E-state index in [1.165, 1.54) is 11.3 Å². The lowest BCUT2D eigenvalue weighted by Gasteiger charge is -2.23. The maximum absolute atomic E-state index is 5.74. The predicted octanol–water partition coefficient (Wildman–Crippen LogP) is 3.06. The van der Waals surface area contributed by atoms with E-state index in [0.717, 1.165) is 13.1 Å². The number of para-hydroxylation sites is 1. The van der Waals surface area contributed by atoms with E-state index in [1.54, 1.807) is 0 Å². The summed E-state index contributed by atoms with van der Waals surface area (Å²) in [4.78, 5) is 2.29. The van der Waals surface area contributed by atoms with Gasteiger partial charge in [-0.1, -0.05) is 18.2 Å². The molecule has 0 atom stereocenters. The molecule has 0 heterocycles. The summed E-state index contributed by atoms with van der Waals surface area (Å²) in [6.45, 7) is 6.21. The van der Waals surface area contributed by atoms with Gasteiger partial charge in [0.1, 0.15) is 0 Å². The largest absolute Gasteiger partial charge is 0.370 e. The van der Waals surface area contributed by atoms with Crippen LogP contribution < -0.4 is 4.90 Å². The fourth-order valence-corrected chi connectivity index (χ4v) is 1.67. The molecular formula is C11H16ClN. The lowest BCUT2D eigenvalue weighted by Crippen LogP contribution is -2.25. The summed E-state index contributed by atoms with van der Waals surface area (Å²) < 4.78 is 0. The van der Waals surface area contributed by atoms with Gasteiger partial charge in [-0.2, -0.15) is 0 Å². The second-order valence-corrected chi connectivity index (χ2v) is 3.43. The van der Waals surface area contributed by atoms with E-state index in [4.69, 9.17) is 11.6 Å². The van der Waals surface area contributed by atoms with E-state index < -0.39 is 0 Å². The summed E-state index contributed by atoms with van der Waals surface area (Å²) in [6, 6.07) is 8.41. The number of nitrogens with zero attached hydrogens (tertiary/aromatic N) is 1. The Morgan fingerprint density at radius 2 is 2.00 bits per heavy atom. The van der Waals surface area contributed by atoms with Crippen molar-refractivity contribution in [1.82, 2.24) is 0 Å². The van der Waals surface area contributed by atoms with Crippen molar-refractivity contribution >= 4 is 17.3 Å². The molecule has 0 saturated heterocycles. The van der Waals surface area contributed by atoms with Gasteiger partial charge in [-0.15, -0.1) is 11.6 Å². The fraction of sp³-hybridized carbons (Fsp3) is 0.455. The zero-order valence-corrected chi connectivity index (χ0v) is 9.01. The van der Waals surface area contributed by atoms with Crippen LogP contribution in [0.15, 0.2) is 24.3 Å². The first-order valence-electron chi connectivity index (χ1n) is 4.66. The van der Waals surface area contributed by atoms with Crippen molar-refractivity contribution in [1.29, 1.82) is 0 Å². The second-order valence-electron chi connectivity index (χ2n) is 3.06. The van der Waals surface area contributed by atoms with E-state index in [-0.39, 0.29) is 0 Å². The minimum absolute atomic E-state index is 0.683. The van der Waals surface area contributed by atoms with Crippen LogP contribution in [0.4, 0.5) is 5.69 Å². The number of aryl methyl sites for hydroxylation is 1. The number of benzene rings is 1. The molecular weight excluding hydrogens is 182 g/mol. The number of halogens is 1. The molecule has 1 rings (SSSR count). The molecule has 0 spiro atoms. The molecule has 0 aliphatic carbocycles. The normalized spacial score (nSPS) is 10.1. The highest BCUT2D eigenvalue weighted by molar-refractivity contribution is 6.18. The zero-order valence-electron chi connectivity index (χ0n) is 8.26. The summed E-state index contributed by atoms with van der Waals surface area (Å²) >= 11 is 5.74. The van der Waals surface area contributed by atoms with Crippen LogP contribution in [-0.2, 0) is 0 Å². The third-order valence-corrected chi connectivity index (χ3v) is 2.36. The average molecular weight is 198 g/mol.